The molecule has 1 aromatic carbocycles. The Hall–Kier alpha value is -1.97. The standard InChI is InChI=1S/C14H20BNO7/c1-13(2,18)14(3,4)23-15(19)10-7-6-9(12(17)22-5)8-11(10)16(20)21/h6-8,18-19H,1-5H3. The van der Waals surface area contributed by atoms with E-state index in [1.165, 1.54) is 26.0 Å². The van der Waals surface area contributed by atoms with Crippen LogP contribution in [-0.2, 0) is 9.39 Å². The molecule has 0 aliphatic heterocycles. The van der Waals surface area contributed by atoms with Crippen LogP contribution in [0.15, 0.2) is 18.2 Å². The number of hydrogen-bond donors (Lipinski definition) is 2. The summed E-state index contributed by atoms with van der Waals surface area (Å²) in [5.74, 6) is -0.730. The van der Waals surface area contributed by atoms with Gasteiger partial charge in [-0.25, -0.2) is 4.79 Å². The van der Waals surface area contributed by atoms with Crippen molar-refractivity contribution in [2.24, 2.45) is 0 Å². The molecule has 1 rings (SSSR count). The predicted molar refractivity (Wildman–Crippen MR) is 83.5 cm³/mol. The first kappa shape index (κ1) is 19.1. The average molecular weight is 325 g/mol. The van der Waals surface area contributed by atoms with Crippen molar-refractivity contribution in [3.63, 3.8) is 0 Å². The smallest absolute Gasteiger partial charge is 0.465 e. The van der Waals surface area contributed by atoms with E-state index >= 15 is 0 Å². The molecular formula is C14H20BNO7. The second-order valence-corrected chi connectivity index (χ2v) is 6.06. The van der Waals surface area contributed by atoms with Gasteiger partial charge in [0.1, 0.15) is 0 Å². The third-order valence-electron chi connectivity index (χ3n) is 3.79. The molecule has 8 nitrogen and oxygen atoms in total. The zero-order valence-electron chi connectivity index (χ0n) is 13.7. The molecule has 0 fully saturated rings. The lowest BCUT2D eigenvalue weighted by Gasteiger charge is -2.38. The van der Waals surface area contributed by atoms with Crippen LogP contribution in [0.1, 0.15) is 38.1 Å². The van der Waals surface area contributed by atoms with E-state index in [2.05, 4.69) is 4.74 Å². The summed E-state index contributed by atoms with van der Waals surface area (Å²) in [5, 5.41) is 31.4. The van der Waals surface area contributed by atoms with Gasteiger partial charge in [0.2, 0.25) is 0 Å². The number of esters is 1. The van der Waals surface area contributed by atoms with Crippen LogP contribution in [0.5, 0.6) is 0 Å². The van der Waals surface area contributed by atoms with Crippen LogP contribution < -0.4 is 5.46 Å². The van der Waals surface area contributed by atoms with Crippen LogP contribution in [-0.4, -0.2) is 46.5 Å². The SMILES string of the molecule is COC(=O)c1ccc(B(O)OC(C)(C)C(C)(C)O)c([N+](=O)[O-])c1. The Kier molecular flexibility index (Phi) is 5.52. The van der Waals surface area contributed by atoms with E-state index in [0.29, 0.717) is 0 Å². The highest BCUT2D eigenvalue weighted by molar-refractivity contribution is 6.61. The van der Waals surface area contributed by atoms with Gasteiger partial charge in [-0.1, -0.05) is 6.07 Å². The van der Waals surface area contributed by atoms with Gasteiger partial charge in [0.25, 0.3) is 5.69 Å². The van der Waals surface area contributed by atoms with Crippen molar-refractivity contribution >= 4 is 24.2 Å². The van der Waals surface area contributed by atoms with Crippen molar-refractivity contribution in [3.05, 3.63) is 33.9 Å². The van der Waals surface area contributed by atoms with Gasteiger partial charge in [0, 0.05) is 6.07 Å². The summed E-state index contributed by atoms with van der Waals surface area (Å²) in [5.41, 5.74) is -3.10. The molecule has 23 heavy (non-hydrogen) atoms. The molecule has 2 N–H and O–H groups in total. The summed E-state index contributed by atoms with van der Waals surface area (Å²) in [7, 11) is -0.491. The van der Waals surface area contributed by atoms with Crippen molar-refractivity contribution in [3.8, 4) is 0 Å². The van der Waals surface area contributed by atoms with E-state index in [1.54, 1.807) is 13.8 Å². The van der Waals surface area contributed by atoms with Crippen molar-refractivity contribution in [2.75, 3.05) is 7.11 Å². The maximum Gasteiger partial charge on any atom is 0.498 e. The van der Waals surface area contributed by atoms with Crippen LogP contribution in [0.2, 0.25) is 0 Å². The molecule has 0 atom stereocenters. The fourth-order valence-electron chi connectivity index (χ4n) is 1.64. The van der Waals surface area contributed by atoms with Crippen LogP contribution >= 0.6 is 0 Å². The highest BCUT2D eigenvalue weighted by Crippen LogP contribution is 2.26. The van der Waals surface area contributed by atoms with Crippen LogP contribution in [0.25, 0.3) is 0 Å². The topological polar surface area (TPSA) is 119 Å². The Morgan fingerprint density at radius 1 is 1.30 bits per heavy atom. The third kappa shape index (κ3) is 4.28. The van der Waals surface area contributed by atoms with E-state index in [0.717, 1.165) is 13.2 Å². The molecular weight excluding hydrogens is 305 g/mol. The molecule has 0 saturated heterocycles. The first-order chi connectivity index (χ1) is 10.4. The third-order valence-corrected chi connectivity index (χ3v) is 3.79. The fraction of sp³-hybridized carbons (Fsp3) is 0.500. The molecule has 0 aromatic heterocycles. The first-order valence-electron chi connectivity index (χ1n) is 6.85. The van der Waals surface area contributed by atoms with E-state index < -0.39 is 34.9 Å². The van der Waals surface area contributed by atoms with E-state index in [1.807, 2.05) is 0 Å². The Labute approximate surface area is 134 Å². The van der Waals surface area contributed by atoms with Gasteiger partial charge in [-0.2, -0.15) is 0 Å². The van der Waals surface area contributed by atoms with Crippen LogP contribution in [0, 0.1) is 10.1 Å². The molecule has 0 aliphatic rings. The predicted octanol–water partition coefficient (Wildman–Crippen LogP) is 0.635. The number of benzene rings is 1. The monoisotopic (exact) mass is 325 g/mol. The highest BCUT2D eigenvalue weighted by atomic mass is 16.6. The van der Waals surface area contributed by atoms with Gasteiger partial charge in [-0.3, -0.25) is 10.1 Å². The highest BCUT2D eigenvalue weighted by Gasteiger charge is 2.41. The number of carbonyl (C=O) groups is 1. The Bertz CT molecular complexity index is 610. The number of methoxy groups -OCH3 is 1. The molecule has 0 saturated carbocycles. The molecule has 0 radical (unpaired) electrons. The van der Waals surface area contributed by atoms with Crippen molar-refractivity contribution in [1.82, 2.24) is 0 Å². The molecule has 0 spiro atoms. The second-order valence-electron chi connectivity index (χ2n) is 6.06. The van der Waals surface area contributed by atoms with Gasteiger partial charge in [0.15, 0.2) is 0 Å². The number of rotatable bonds is 6. The number of nitro benzene ring substituents is 1. The van der Waals surface area contributed by atoms with Crippen molar-refractivity contribution in [1.29, 1.82) is 0 Å². The summed E-state index contributed by atoms with van der Waals surface area (Å²) in [6.07, 6.45) is 0. The lowest BCUT2D eigenvalue weighted by Crippen LogP contribution is -2.53. The van der Waals surface area contributed by atoms with E-state index in [9.17, 15) is 25.0 Å². The number of hydrogen-bond acceptors (Lipinski definition) is 7. The molecule has 0 unspecified atom stereocenters. The Balaban J connectivity index is 3.21. The van der Waals surface area contributed by atoms with Gasteiger partial charge in [0.05, 0.1) is 34.3 Å². The Morgan fingerprint density at radius 3 is 2.30 bits per heavy atom. The summed E-state index contributed by atoms with van der Waals surface area (Å²) in [6.45, 7) is 6.08. The molecule has 0 aliphatic carbocycles. The van der Waals surface area contributed by atoms with Gasteiger partial charge >= 0.3 is 13.1 Å². The molecule has 0 bridgehead atoms. The van der Waals surface area contributed by atoms with Gasteiger partial charge < -0.3 is 19.5 Å². The van der Waals surface area contributed by atoms with Crippen molar-refractivity contribution in [2.45, 2.75) is 38.9 Å². The number of nitro groups is 1. The molecule has 0 heterocycles. The molecule has 126 valence electrons. The normalized spacial score (nSPS) is 12.0. The molecule has 9 heteroatoms. The summed E-state index contributed by atoms with van der Waals surface area (Å²) < 4.78 is 9.90. The second kappa shape index (κ2) is 6.65. The summed E-state index contributed by atoms with van der Waals surface area (Å²) in [6, 6.07) is 3.51. The first-order valence-corrected chi connectivity index (χ1v) is 6.85. The number of ether oxygens (including phenoxy) is 1. The van der Waals surface area contributed by atoms with Gasteiger partial charge in [-0.15, -0.1) is 0 Å². The quantitative estimate of drug-likeness (QED) is 0.341. The fourth-order valence-corrected chi connectivity index (χ4v) is 1.64. The minimum Gasteiger partial charge on any atom is -0.465 e. The zero-order valence-corrected chi connectivity index (χ0v) is 13.7. The number of carbonyl (C=O) groups excluding carboxylic acids is 1. The van der Waals surface area contributed by atoms with E-state index in [-0.39, 0.29) is 11.0 Å². The minimum atomic E-state index is -1.65. The number of aliphatic hydroxyl groups is 1. The van der Waals surface area contributed by atoms with Crippen LogP contribution in [0.3, 0.4) is 0 Å². The van der Waals surface area contributed by atoms with Crippen LogP contribution in [0.4, 0.5) is 5.69 Å². The zero-order chi connectivity index (χ0) is 18.0. The minimum absolute atomic E-state index is 0.0168. The molecule has 1 aromatic rings. The maximum atomic E-state index is 11.5. The summed E-state index contributed by atoms with van der Waals surface area (Å²) >= 11 is 0. The average Bonchev–Trinajstić information content (AvgIpc) is 2.43. The number of nitrogens with zero attached hydrogens (tertiary/aromatic N) is 1. The lowest BCUT2D eigenvalue weighted by molar-refractivity contribution is -0.383. The van der Waals surface area contributed by atoms with E-state index in [4.69, 9.17) is 4.65 Å². The Morgan fingerprint density at radius 2 is 1.87 bits per heavy atom. The maximum absolute atomic E-state index is 11.5. The largest absolute Gasteiger partial charge is 0.498 e. The van der Waals surface area contributed by atoms with Gasteiger partial charge in [-0.05, 0) is 33.8 Å². The molecule has 0 amide bonds. The lowest BCUT2D eigenvalue weighted by atomic mass is 9.75. The van der Waals surface area contributed by atoms with Crippen molar-refractivity contribution < 1.29 is 29.2 Å². The summed E-state index contributed by atoms with van der Waals surface area (Å²) in [4.78, 5) is 21.9.